The summed E-state index contributed by atoms with van der Waals surface area (Å²) in [6.07, 6.45) is 15.0. The lowest BCUT2D eigenvalue weighted by molar-refractivity contribution is -0.150. The third-order valence-corrected chi connectivity index (χ3v) is 7.92. The molecule has 1 aliphatic rings. The van der Waals surface area contributed by atoms with Crippen LogP contribution in [0.2, 0.25) is 0 Å². The summed E-state index contributed by atoms with van der Waals surface area (Å²) in [5.41, 5.74) is 0.359. The molecule has 0 saturated carbocycles. The number of nitrogens with one attached hydrogen (secondary N) is 4. The Morgan fingerprint density at radius 1 is 1.12 bits per heavy atom. The Morgan fingerprint density at radius 3 is 2.43 bits per heavy atom. The lowest BCUT2D eigenvalue weighted by Crippen LogP contribution is -2.52. The van der Waals surface area contributed by atoms with Gasteiger partial charge in [0.15, 0.2) is 0 Å². The molecular weight excluding hydrogens is 696 g/mol. The Kier molecular flexibility index (Phi) is 22.0. The fourth-order valence-electron chi connectivity index (χ4n) is 4.76. The maximum atomic E-state index is 13.1. The number of carbonyl (C=O) groups is 4. The zero-order valence-corrected chi connectivity index (χ0v) is 32.5. The molecule has 0 radical (unpaired) electrons. The van der Waals surface area contributed by atoms with Gasteiger partial charge in [-0.15, -0.1) is 0 Å². The SMILES string of the molecule is COC1=CC[C@@H]([C@@H](C)/C=C(C)/C=C\C=C/C(=O)N[C@H](C(=O)N/C=C\C[C@H](C/C=C(\C)Cl)OC(=O)NCCCNC(=O)CCS)C(C)(C)C)OC1O. The molecule has 0 spiro atoms. The van der Waals surface area contributed by atoms with Crippen LogP contribution in [-0.4, -0.2) is 79.4 Å². The predicted octanol–water partition coefficient (Wildman–Crippen LogP) is 5.32. The Hall–Kier alpha value is -3.52. The van der Waals surface area contributed by atoms with Crippen LogP contribution in [0.5, 0.6) is 0 Å². The van der Waals surface area contributed by atoms with E-state index in [9.17, 15) is 24.3 Å². The van der Waals surface area contributed by atoms with Crippen LogP contribution in [0, 0.1) is 11.3 Å². The summed E-state index contributed by atoms with van der Waals surface area (Å²) >= 11 is 10.0. The van der Waals surface area contributed by atoms with E-state index >= 15 is 0 Å². The first kappa shape index (κ1) is 45.5. The average molecular weight is 753 g/mol. The molecule has 1 unspecified atom stereocenters. The van der Waals surface area contributed by atoms with Crippen LogP contribution < -0.4 is 21.3 Å². The minimum absolute atomic E-state index is 0.0293. The van der Waals surface area contributed by atoms with Crippen molar-refractivity contribution >= 4 is 48.0 Å². The van der Waals surface area contributed by atoms with Crippen LogP contribution >= 0.6 is 24.2 Å². The summed E-state index contributed by atoms with van der Waals surface area (Å²) in [5.74, 6) is -0.0169. The van der Waals surface area contributed by atoms with Crippen molar-refractivity contribution in [1.82, 2.24) is 21.3 Å². The van der Waals surface area contributed by atoms with E-state index in [1.165, 1.54) is 19.4 Å². The van der Waals surface area contributed by atoms with Gasteiger partial charge < -0.3 is 40.6 Å². The van der Waals surface area contributed by atoms with Gasteiger partial charge in [-0.1, -0.05) is 81.3 Å². The van der Waals surface area contributed by atoms with Gasteiger partial charge in [0, 0.05) is 49.4 Å². The summed E-state index contributed by atoms with van der Waals surface area (Å²) in [6, 6.07) is -0.841. The van der Waals surface area contributed by atoms with Crippen molar-refractivity contribution in [2.45, 2.75) is 98.2 Å². The van der Waals surface area contributed by atoms with Gasteiger partial charge in [0.25, 0.3) is 0 Å². The van der Waals surface area contributed by atoms with Crippen molar-refractivity contribution in [2.24, 2.45) is 11.3 Å². The number of halogens is 1. The number of thiol groups is 1. The second-order valence-electron chi connectivity index (χ2n) is 13.2. The Morgan fingerprint density at radius 2 is 1.80 bits per heavy atom. The first-order valence-corrected chi connectivity index (χ1v) is 18.1. The minimum atomic E-state index is -1.08. The van der Waals surface area contributed by atoms with Gasteiger partial charge >= 0.3 is 6.09 Å². The number of ether oxygens (including phenoxy) is 3. The Labute approximate surface area is 313 Å². The molecule has 0 aromatic heterocycles. The topological polar surface area (TPSA) is 164 Å². The molecule has 5 atom stereocenters. The highest BCUT2D eigenvalue weighted by atomic mass is 35.5. The second-order valence-corrected chi connectivity index (χ2v) is 14.2. The highest BCUT2D eigenvalue weighted by molar-refractivity contribution is 7.80. The molecule has 51 heavy (non-hydrogen) atoms. The number of amides is 4. The number of hydrogen-bond donors (Lipinski definition) is 6. The zero-order valence-electron chi connectivity index (χ0n) is 30.9. The molecule has 4 amide bonds. The number of methoxy groups -OCH3 is 1. The lowest BCUT2D eigenvalue weighted by atomic mass is 9.86. The standard InChI is InChI=1S/C37H57ClN4O8S/c1-25(24-26(2)29-17-18-30(48-7)35(46)50-29)12-8-9-14-32(44)42-33(37(4,5)6)34(45)40-20-10-13-28(16-15-27(3)38)49-36(47)41-22-11-21-39-31(43)19-23-51/h8-10,12,14-15,18,20,24,26,28-29,33,35,46,51H,11,13,16-17,19,21-23H2,1-7H3,(H,39,43)(H,40,45)(H,41,47)(H,42,44)/b12-8-,14-9-,20-10-,25-24+,27-15+/t26-,28+,29-,33+,35?/m0/s1. The van der Waals surface area contributed by atoms with Crippen molar-refractivity contribution in [3.05, 3.63) is 71.2 Å². The molecule has 0 bridgehead atoms. The smallest absolute Gasteiger partial charge is 0.407 e. The van der Waals surface area contributed by atoms with Gasteiger partial charge in [0.1, 0.15) is 17.9 Å². The molecule has 286 valence electrons. The summed E-state index contributed by atoms with van der Waals surface area (Å²) in [5, 5.41) is 21.5. The van der Waals surface area contributed by atoms with E-state index in [0.29, 0.717) is 61.7 Å². The first-order chi connectivity index (χ1) is 24.1. The van der Waals surface area contributed by atoms with Crippen molar-refractivity contribution in [1.29, 1.82) is 0 Å². The fraction of sp³-hybridized carbons (Fsp3) is 0.568. The summed E-state index contributed by atoms with van der Waals surface area (Å²) in [7, 11) is 1.49. The van der Waals surface area contributed by atoms with Crippen molar-refractivity contribution < 1.29 is 38.5 Å². The Balaban J connectivity index is 2.67. The minimum Gasteiger partial charge on any atom is -0.496 e. The predicted molar refractivity (Wildman–Crippen MR) is 204 cm³/mol. The highest BCUT2D eigenvalue weighted by Gasteiger charge is 2.32. The van der Waals surface area contributed by atoms with Gasteiger partial charge in [-0.3, -0.25) is 14.4 Å². The summed E-state index contributed by atoms with van der Waals surface area (Å²) < 4.78 is 16.3. The zero-order chi connectivity index (χ0) is 38.4. The van der Waals surface area contributed by atoms with Crippen LogP contribution in [0.3, 0.4) is 0 Å². The van der Waals surface area contributed by atoms with Crippen molar-refractivity contribution in [3.63, 3.8) is 0 Å². The molecule has 1 aliphatic heterocycles. The van der Waals surface area contributed by atoms with Gasteiger partial charge in [0.2, 0.25) is 24.0 Å². The monoisotopic (exact) mass is 752 g/mol. The quantitative estimate of drug-likeness (QED) is 0.0421. The fourth-order valence-corrected chi connectivity index (χ4v) is 5.05. The maximum absolute atomic E-state index is 13.1. The number of rotatable bonds is 20. The molecule has 0 saturated heterocycles. The van der Waals surface area contributed by atoms with E-state index in [0.717, 1.165) is 5.57 Å². The number of hydrogen-bond acceptors (Lipinski definition) is 9. The normalized spacial score (nSPS) is 19.0. The number of carbonyl (C=O) groups excluding carboxylic acids is 4. The maximum Gasteiger partial charge on any atom is 0.407 e. The molecule has 5 N–H and O–H groups in total. The molecule has 1 heterocycles. The molecule has 14 heteroatoms. The van der Waals surface area contributed by atoms with Crippen molar-refractivity contribution in [2.75, 3.05) is 26.0 Å². The van der Waals surface area contributed by atoms with E-state index in [1.807, 2.05) is 52.8 Å². The molecular formula is C37H57ClN4O8S. The van der Waals surface area contributed by atoms with Gasteiger partial charge in [-0.2, -0.15) is 12.6 Å². The number of aliphatic hydroxyl groups excluding tert-OH is 1. The average Bonchev–Trinajstić information content (AvgIpc) is 3.05. The first-order valence-electron chi connectivity index (χ1n) is 17.1. The largest absolute Gasteiger partial charge is 0.496 e. The van der Waals surface area contributed by atoms with Crippen LogP contribution in [0.25, 0.3) is 0 Å². The van der Waals surface area contributed by atoms with Gasteiger partial charge in [-0.25, -0.2) is 4.79 Å². The van der Waals surface area contributed by atoms with Gasteiger partial charge in [-0.05, 0) is 50.1 Å². The number of alkyl carbamates (subject to hydrolysis) is 1. The summed E-state index contributed by atoms with van der Waals surface area (Å²) in [6.45, 7) is 11.9. The van der Waals surface area contributed by atoms with Crippen LogP contribution in [0.1, 0.15) is 73.6 Å². The molecule has 0 aromatic carbocycles. The molecule has 0 fully saturated rings. The van der Waals surface area contributed by atoms with Crippen LogP contribution in [0.4, 0.5) is 4.79 Å². The van der Waals surface area contributed by atoms with E-state index in [4.69, 9.17) is 25.8 Å². The van der Waals surface area contributed by atoms with Crippen LogP contribution in [-0.2, 0) is 28.6 Å². The van der Waals surface area contributed by atoms with Gasteiger partial charge in [0.05, 0.1) is 13.2 Å². The van der Waals surface area contributed by atoms with E-state index in [2.05, 4.69) is 33.9 Å². The lowest BCUT2D eigenvalue weighted by Gasteiger charge is -2.29. The molecule has 12 nitrogen and oxygen atoms in total. The van der Waals surface area contributed by atoms with Crippen molar-refractivity contribution in [3.8, 4) is 0 Å². The molecule has 0 aromatic rings. The number of aliphatic hydroxyl groups is 1. The highest BCUT2D eigenvalue weighted by Crippen LogP contribution is 2.25. The van der Waals surface area contributed by atoms with Crippen LogP contribution in [0.15, 0.2) is 71.2 Å². The van der Waals surface area contributed by atoms with E-state index in [-0.39, 0.29) is 17.9 Å². The number of allylic oxidation sites excluding steroid dienone is 5. The summed E-state index contributed by atoms with van der Waals surface area (Å²) in [4.78, 5) is 49.7. The molecule has 1 rings (SSSR count). The Bertz CT molecular complexity index is 1320. The van der Waals surface area contributed by atoms with E-state index in [1.54, 1.807) is 31.2 Å². The second kappa shape index (κ2) is 24.6. The third kappa shape index (κ3) is 20.2. The van der Waals surface area contributed by atoms with E-state index < -0.39 is 41.8 Å². The molecule has 0 aliphatic carbocycles. The third-order valence-electron chi connectivity index (χ3n) is 7.54.